The second-order valence-corrected chi connectivity index (χ2v) is 9.14. The fourth-order valence-corrected chi connectivity index (χ4v) is 3.74. The first-order chi connectivity index (χ1) is 15.3. The van der Waals surface area contributed by atoms with Crippen LogP contribution in [0.2, 0.25) is 0 Å². The van der Waals surface area contributed by atoms with Crippen LogP contribution in [0.15, 0.2) is 55.2 Å². The Bertz CT molecular complexity index is 1220. The molecule has 0 aliphatic heterocycles. The maximum Gasteiger partial charge on any atom is 0.344 e. The Morgan fingerprint density at radius 3 is 2.62 bits per heavy atom. The quantitative estimate of drug-likeness (QED) is 0.281. The zero-order valence-electron chi connectivity index (χ0n) is 18.0. The predicted octanol–water partition coefficient (Wildman–Crippen LogP) is 5.09. The van der Waals surface area contributed by atoms with Gasteiger partial charge in [0.15, 0.2) is 6.61 Å². The Morgan fingerprint density at radius 1 is 1.19 bits per heavy atom. The lowest BCUT2D eigenvalue weighted by molar-refractivity contribution is -0.149. The van der Waals surface area contributed by atoms with E-state index in [-0.39, 0.29) is 18.3 Å². The number of hydrogen-bond donors (Lipinski definition) is 0. The Kier molecular flexibility index (Phi) is 8.20. The van der Waals surface area contributed by atoms with E-state index in [2.05, 4.69) is 41.9 Å². The third-order valence-electron chi connectivity index (χ3n) is 4.35. The third-order valence-corrected chi connectivity index (χ3v) is 5.33. The van der Waals surface area contributed by atoms with Crippen LogP contribution >= 0.6 is 31.9 Å². The number of aryl methyl sites for hydroxylation is 1. The highest BCUT2D eigenvalue weighted by molar-refractivity contribution is 9.10. The number of nitrogens with zero attached hydrogens (tertiary/aromatic N) is 3. The van der Waals surface area contributed by atoms with Crippen molar-refractivity contribution < 1.29 is 14.3 Å². The van der Waals surface area contributed by atoms with Gasteiger partial charge < -0.3 is 9.47 Å². The minimum atomic E-state index is -0.462. The van der Waals surface area contributed by atoms with Gasteiger partial charge in [-0.15, -0.1) is 0 Å². The Labute approximate surface area is 202 Å². The van der Waals surface area contributed by atoms with Crippen LogP contribution in [0.4, 0.5) is 0 Å². The van der Waals surface area contributed by atoms with Crippen molar-refractivity contribution in [2.24, 2.45) is 5.10 Å². The number of aromatic nitrogens is 2. The van der Waals surface area contributed by atoms with Gasteiger partial charge in [-0.3, -0.25) is 4.79 Å². The molecule has 2 aromatic carbocycles. The predicted molar refractivity (Wildman–Crippen MR) is 132 cm³/mol. The van der Waals surface area contributed by atoms with Crippen molar-refractivity contribution in [2.45, 2.75) is 39.7 Å². The summed E-state index contributed by atoms with van der Waals surface area (Å²) in [7, 11) is 0. The van der Waals surface area contributed by atoms with Gasteiger partial charge in [0.1, 0.15) is 11.6 Å². The minimum absolute atomic E-state index is 0.221. The second-order valence-electron chi connectivity index (χ2n) is 7.31. The summed E-state index contributed by atoms with van der Waals surface area (Å²) in [6, 6.07) is 10.7. The molecule has 7 nitrogen and oxygen atoms in total. The highest BCUT2D eigenvalue weighted by Gasteiger charge is 2.12. The van der Waals surface area contributed by atoms with Gasteiger partial charge >= 0.3 is 5.97 Å². The SMILES string of the molecule is CCCc1nc2ccc(Br)cc2c(=O)n1N=Cc1cc(Br)ccc1OCC(=O)OC(C)C. The molecule has 0 bridgehead atoms. The van der Waals surface area contributed by atoms with E-state index < -0.39 is 5.97 Å². The summed E-state index contributed by atoms with van der Waals surface area (Å²) in [5.74, 6) is 0.553. The van der Waals surface area contributed by atoms with Gasteiger partial charge in [0, 0.05) is 20.9 Å². The molecular formula is C23H23Br2N3O4. The fourth-order valence-electron chi connectivity index (χ4n) is 3.00. The molecule has 0 N–H and O–H groups in total. The molecule has 0 atom stereocenters. The van der Waals surface area contributed by atoms with Crippen LogP contribution in [0.5, 0.6) is 5.75 Å². The Morgan fingerprint density at radius 2 is 1.91 bits per heavy atom. The Balaban J connectivity index is 1.99. The van der Waals surface area contributed by atoms with Gasteiger partial charge in [-0.25, -0.2) is 9.78 Å². The molecule has 0 aliphatic rings. The number of hydrogen-bond acceptors (Lipinski definition) is 6. The smallest absolute Gasteiger partial charge is 0.344 e. The summed E-state index contributed by atoms with van der Waals surface area (Å²) in [5.41, 5.74) is 0.970. The van der Waals surface area contributed by atoms with Gasteiger partial charge in [-0.2, -0.15) is 9.78 Å². The summed E-state index contributed by atoms with van der Waals surface area (Å²) in [4.78, 5) is 29.6. The molecule has 0 spiro atoms. The molecule has 0 unspecified atom stereocenters. The summed E-state index contributed by atoms with van der Waals surface area (Å²) >= 11 is 6.84. The molecule has 0 amide bonds. The number of rotatable bonds is 8. The van der Waals surface area contributed by atoms with Gasteiger partial charge in [0.25, 0.3) is 5.56 Å². The van der Waals surface area contributed by atoms with Crippen LogP contribution in [-0.2, 0) is 16.0 Å². The van der Waals surface area contributed by atoms with Gasteiger partial charge in [-0.05, 0) is 56.7 Å². The molecule has 3 rings (SSSR count). The van der Waals surface area contributed by atoms with Crippen molar-refractivity contribution in [2.75, 3.05) is 6.61 Å². The molecule has 0 aliphatic carbocycles. The van der Waals surface area contributed by atoms with E-state index in [1.165, 1.54) is 10.9 Å². The van der Waals surface area contributed by atoms with Crippen molar-refractivity contribution >= 4 is 54.9 Å². The van der Waals surface area contributed by atoms with Crippen LogP contribution < -0.4 is 10.3 Å². The number of ether oxygens (including phenoxy) is 2. The van der Waals surface area contributed by atoms with Crippen LogP contribution in [0, 0.1) is 0 Å². The molecule has 32 heavy (non-hydrogen) atoms. The first-order valence-corrected chi connectivity index (χ1v) is 11.7. The van der Waals surface area contributed by atoms with E-state index in [4.69, 9.17) is 9.47 Å². The number of benzene rings is 2. The van der Waals surface area contributed by atoms with E-state index >= 15 is 0 Å². The monoisotopic (exact) mass is 563 g/mol. The minimum Gasteiger partial charge on any atom is -0.481 e. The third kappa shape index (κ3) is 6.04. The van der Waals surface area contributed by atoms with Crippen molar-refractivity contribution in [3.63, 3.8) is 0 Å². The molecule has 0 radical (unpaired) electrons. The standard InChI is InChI=1S/C23H23Br2N3O4/c1-4-5-21-27-19-8-6-17(25)11-18(19)23(30)28(21)26-12-15-10-16(24)7-9-20(15)31-13-22(29)32-14(2)3/h6-12,14H,4-5,13H2,1-3H3. The second kappa shape index (κ2) is 10.9. The normalized spacial score (nSPS) is 11.4. The number of fused-ring (bicyclic) bond motifs is 1. The molecular weight excluding hydrogens is 542 g/mol. The van der Waals surface area contributed by atoms with E-state index in [1.54, 1.807) is 38.1 Å². The van der Waals surface area contributed by atoms with E-state index in [9.17, 15) is 9.59 Å². The molecule has 168 valence electrons. The highest BCUT2D eigenvalue weighted by Crippen LogP contribution is 2.22. The largest absolute Gasteiger partial charge is 0.481 e. The molecule has 0 saturated carbocycles. The lowest BCUT2D eigenvalue weighted by atomic mass is 10.2. The lowest BCUT2D eigenvalue weighted by Gasteiger charge is -2.12. The molecule has 0 saturated heterocycles. The van der Waals surface area contributed by atoms with Gasteiger partial charge in [0.2, 0.25) is 0 Å². The van der Waals surface area contributed by atoms with Crippen molar-refractivity contribution in [3.8, 4) is 5.75 Å². The van der Waals surface area contributed by atoms with E-state index in [0.29, 0.717) is 34.5 Å². The first kappa shape index (κ1) is 24.1. The average Bonchev–Trinajstić information content (AvgIpc) is 2.73. The molecule has 1 heterocycles. The van der Waals surface area contributed by atoms with Gasteiger partial charge in [-0.1, -0.05) is 38.8 Å². The number of carbonyl (C=O) groups is 1. The van der Waals surface area contributed by atoms with Crippen molar-refractivity contribution in [1.82, 2.24) is 9.66 Å². The van der Waals surface area contributed by atoms with Gasteiger partial charge in [0.05, 0.1) is 23.2 Å². The van der Waals surface area contributed by atoms with E-state index in [1.807, 2.05) is 19.1 Å². The molecule has 3 aromatic rings. The Hall–Kier alpha value is -2.52. The maximum atomic E-state index is 13.2. The summed E-state index contributed by atoms with van der Waals surface area (Å²) in [5, 5.41) is 4.91. The first-order valence-electron chi connectivity index (χ1n) is 10.2. The fraction of sp³-hybridized carbons (Fsp3) is 0.304. The molecule has 9 heteroatoms. The summed E-state index contributed by atoms with van der Waals surface area (Å²) in [6.45, 7) is 5.34. The van der Waals surface area contributed by atoms with Crippen LogP contribution in [0.3, 0.4) is 0 Å². The number of esters is 1. The van der Waals surface area contributed by atoms with Crippen LogP contribution in [-0.4, -0.2) is 34.6 Å². The summed E-state index contributed by atoms with van der Waals surface area (Å²) in [6.07, 6.45) is 2.72. The number of halogens is 2. The van der Waals surface area contributed by atoms with E-state index in [0.717, 1.165) is 15.4 Å². The zero-order chi connectivity index (χ0) is 23.3. The maximum absolute atomic E-state index is 13.2. The molecule has 1 aromatic heterocycles. The highest BCUT2D eigenvalue weighted by atomic mass is 79.9. The lowest BCUT2D eigenvalue weighted by Crippen LogP contribution is -2.22. The zero-order valence-corrected chi connectivity index (χ0v) is 21.1. The topological polar surface area (TPSA) is 82.8 Å². The average molecular weight is 565 g/mol. The van der Waals surface area contributed by atoms with Crippen LogP contribution in [0.25, 0.3) is 10.9 Å². The van der Waals surface area contributed by atoms with Crippen molar-refractivity contribution in [3.05, 3.63) is 67.1 Å². The summed E-state index contributed by atoms with van der Waals surface area (Å²) < 4.78 is 13.7. The molecule has 0 fully saturated rings. The van der Waals surface area contributed by atoms with Crippen LogP contribution in [0.1, 0.15) is 38.6 Å². The van der Waals surface area contributed by atoms with Crippen molar-refractivity contribution in [1.29, 1.82) is 0 Å². The number of carbonyl (C=O) groups excluding carboxylic acids is 1.